The van der Waals surface area contributed by atoms with E-state index in [9.17, 15) is 0 Å². The van der Waals surface area contributed by atoms with Gasteiger partial charge in [-0.05, 0) is 13.0 Å². The van der Waals surface area contributed by atoms with Gasteiger partial charge in [-0.2, -0.15) is 0 Å². The van der Waals surface area contributed by atoms with E-state index in [1.54, 1.807) is 6.26 Å². The fourth-order valence-corrected chi connectivity index (χ4v) is 0.749. The Morgan fingerprint density at radius 3 is 3.27 bits per heavy atom. The zero-order chi connectivity index (χ0) is 7.94. The molecule has 0 atom stereocenters. The molecule has 1 heterocycles. The monoisotopic (exact) mass is 152 g/mol. The molecule has 11 heavy (non-hydrogen) atoms. The normalized spacial score (nSPS) is 9.82. The third-order valence-electron chi connectivity index (χ3n) is 1.32. The van der Waals surface area contributed by atoms with E-state index in [1.165, 1.54) is 0 Å². The van der Waals surface area contributed by atoms with Crippen LogP contribution in [0.2, 0.25) is 0 Å². The zero-order valence-electron chi connectivity index (χ0n) is 6.42. The van der Waals surface area contributed by atoms with Gasteiger partial charge < -0.3 is 9.84 Å². The van der Waals surface area contributed by atoms with Gasteiger partial charge in [0, 0.05) is 12.6 Å². The number of hydrogen-bond donors (Lipinski definition) is 1. The lowest BCUT2D eigenvalue weighted by molar-refractivity contribution is 0.409. The summed E-state index contributed by atoms with van der Waals surface area (Å²) in [7, 11) is 0. The Morgan fingerprint density at radius 1 is 1.73 bits per heavy atom. The third-order valence-corrected chi connectivity index (χ3v) is 1.32. The number of nitrogens with zero attached hydrogens (tertiary/aromatic N) is 1. The zero-order valence-corrected chi connectivity index (χ0v) is 6.42. The van der Waals surface area contributed by atoms with Crippen LogP contribution in [0.25, 0.3) is 0 Å². The van der Waals surface area contributed by atoms with Gasteiger partial charge in [0.1, 0.15) is 6.26 Å². The molecule has 0 aromatic carbocycles. The fourth-order valence-electron chi connectivity index (χ4n) is 0.749. The summed E-state index contributed by atoms with van der Waals surface area (Å²) >= 11 is 0. The molecule has 0 amide bonds. The molecule has 0 fully saturated rings. The van der Waals surface area contributed by atoms with Crippen LogP contribution in [0.4, 0.5) is 0 Å². The summed E-state index contributed by atoms with van der Waals surface area (Å²) in [5.41, 5.74) is 0.939. The van der Waals surface area contributed by atoms with Crippen molar-refractivity contribution in [1.29, 1.82) is 0 Å². The topological polar surface area (TPSA) is 38.1 Å². The Kier molecular flexibility index (Phi) is 3.41. The average molecular weight is 152 g/mol. The second kappa shape index (κ2) is 4.68. The van der Waals surface area contributed by atoms with Crippen LogP contribution in [0.5, 0.6) is 0 Å². The maximum absolute atomic E-state index is 4.66. The van der Waals surface area contributed by atoms with Crippen molar-refractivity contribution < 1.29 is 4.52 Å². The van der Waals surface area contributed by atoms with E-state index in [4.69, 9.17) is 0 Å². The summed E-state index contributed by atoms with van der Waals surface area (Å²) in [5, 5.41) is 6.95. The van der Waals surface area contributed by atoms with Crippen molar-refractivity contribution in [2.45, 2.75) is 13.0 Å². The molecule has 1 rings (SSSR count). The van der Waals surface area contributed by atoms with Gasteiger partial charge in [-0.15, -0.1) is 6.58 Å². The quantitative estimate of drug-likeness (QED) is 0.511. The lowest BCUT2D eigenvalue weighted by atomic mass is 10.4. The molecule has 0 unspecified atom stereocenters. The van der Waals surface area contributed by atoms with E-state index in [0.717, 1.165) is 25.2 Å². The SMILES string of the molecule is C=CCCNCc1ccon1. The first kappa shape index (κ1) is 8.01. The van der Waals surface area contributed by atoms with Crippen molar-refractivity contribution >= 4 is 0 Å². The Balaban J connectivity index is 2.09. The third kappa shape index (κ3) is 3.00. The van der Waals surface area contributed by atoms with Crippen LogP contribution in [0.1, 0.15) is 12.1 Å². The second-order valence-corrected chi connectivity index (χ2v) is 2.24. The molecular formula is C8H12N2O. The lowest BCUT2D eigenvalue weighted by Crippen LogP contribution is -2.13. The average Bonchev–Trinajstić information content (AvgIpc) is 2.50. The molecule has 3 nitrogen and oxygen atoms in total. The number of rotatable bonds is 5. The minimum Gasteiger partial charge on any atom is -0.364 e. The first-order chi connectivity index (χ1) is 5.43. The highest BCUT2D eigenvalue weighted by Gasteiger charge is 1.92. The van der Waals surface area contributed by atoms with Crippen LogP contribution in [-0.4, -0.2) is 11.7 Å². The van der Waals surface area contributed by atoms with Crippen molar-refractivity contribution in [3.63, 3.8) is 0 Å². The van der Waals surface area contributed by atoms with E-state index in [2.05, 4.69) is 21.6 Å². The molecule has 0 aliphatic carbocycles. The Bertz CT molecular complexity index is 194. The minimum atomic E-state index is 0.768. The molecule has 0 saturated carbocycles. The highest BCUT2D eigenvalue weighted by Crippen LogP contribution is 1.92. The maximum atomic E-state index is 4.66. The van der Waals surface area contributed by atoms with Gasteiger partial charge in [-0.25, -0.2) is 0 Å². The lowest BCUT2D eigenvalue weighted by Gasteiger charge is -1.96. The van der Waals surface area contributed by atoms with E-state index in [-0.39, 0.29) is 0 Å². The van der Waals surface area contributed by atoms with Gasteiger partial charge in [0.15, 0.2) is 0 Å². The summed E-state index contributed by atoms with van der Waals surface area (Å²) < 4.78 is 4.66. The van der Waals surface area contributed by atoms with Crippen LogP contribution in [0, 0.1) is 0 Å². The second-order valence-electron chi connectivity index (χ2n) is 2.24. The molecule has 1 N–H and O–H groups in total. The first-order valence-corrected chi connectivity index (χ1v) is 3.64. The van der Waals surface area contributed by atoms with E-state index >= 15 is 0 Å². The van der Waals surface area contributed by atoms with E-state index < -0.39 is 0 Å². The van der Waals surface area contributed by atoms with Gasteiger partial charge in [-0.3, -0.25) is 0 Å². The molecular weight excluding hydrogens is 140 g/mol. The number of hydrogen-bond acceptors (Lipinski definition) is 3. The molecule has 1 aromatic rings. The molecule has 0 bridgehead atoms. The molecule has 0 aliphatic rings. The predicted molar refractivity (Wildman–Crippen MR) is 43.0 cm³/mol. The number of aromatic nitrogens is 1. The summed E-state index contributed by atoms with van der Waals surface area (Å²) in [6, 6.07) is 1.85. The minimum absolute atomic E-state index is 0.768. The van der Waals surface area contributed by atoms with Gasteiger partial charge in [0.05, 0.1) is 5.69 Å². The molecule has 0 radical (unpaired) electrons. The van der Waals surface area contributed by atoms with Crippen molar-refractivity contribution in [2.24, 2.45) is 0 Å². The predicted octanol–water partition coefficient (Wildman–Crippen LogP) is 1.34. The largest absolute Gasteiger partial charge is 0.364 e. The highest BCUT2D eigenvalue weighted by atomic mass is 16.5. The molecule has 60 valence electrons. The van der Waals surface area contributed by atoms with Crippen LogP contribution < -0.4 is 5.32 Å². The summed E-state index contributed by atoms with van der Waals surface area (Å²) in [6.45, 7) is 5.33. The Morgan fingerprint density at radius 2 is 2.64 bits per heavy atom. The maximum Gasteiger partial charge on any atom is 0.124 e. The van der Waals surface area contributed by atoms with Crippen molar-refractivity contribution in [2.75, 3.05) is 6.54 Å². The van der Waals surface area contributed by atoms with Crippen LogP contribution in [0.15, 0.2) is 29.5 Å². The molecule has 1 aromatic heterocycles. The summed E-state index contributed by atoms with van der Waals surface area (Å²) in [5.74, 6) is 0. The van der Waals surface area contributed by atoms with Crippen LogP contribution >= 0.6 is 0 Å². The Hall–Kier alpha value is -1.09. The highest BCUT2D eigenvalue weighted by molar-refractivity contribution is 4.94. The summed E-state index contributed by atoms with van der Waals surface area (Å²) in [6.07, 6.45) is 4.44. The smallest absolute Gasteiger partial charge is 0.124 e. The molecule has 3 heteroatoms. The van der Waals surface area contributed by atoms with Crippen LogP contribution in [-0.2, 0) is 6.54 Å². The molecule has 0 spiro atoms. The molecule has 0 saturated heterocycles. The molecule has 0 aliphatic heterocycles. The van der Waals surface area contributed by atoms with Crippen molar-refractivity contribution in [1.82, 2.24) is 10.5 Å². The summed E-state index contributed by atoms with van der Waals surface area (Å²) in [4.78, 5) is 0. The standard InChI is InChI=1S/C8H12N2O/c1-2-3-5-9-7-8-4-6-11-10-8/h2,4,6,9H,1,3,5,7H2. The first-order valence-electron chi connectivity index (χ1n) is 3.64. The van der Waals surface area contributed by atoms with E-state index in [1.807, 2.05) is 12.1 Å². The van der Waals surface area contributed by atoms with Crippen molar-refractivity contribution in [3.8, 4) is 0 Å². The van der Waals surface area contributed by atoms with Crippen molar-refractivity contribution in [3.05, 3.63) is 30.7 Å². The van der Waals surface area contributed by atoms with Crippen LogP contribution in [0.3, 0.4) is 0 Å². The van der Waals surface area contributed by atoms with Gasteiger partial charge >= 0.3 is 0 Å². The fraction of sp³-hybridized carbons (Fsp3) is 0.375. The van der Waals surface area contributed by atoms with Gasteiger partial charge in [-0.1, -0.05) is 11.2 Å². The number of nitrogens with one attached hydrogen (secondary N) is 1. The van der Waals surface area contributed by atoms with Gasteiger partial charge in [0.25, 0.3) is 0 Å². The van der Waals surface area contributed by atoms with E-state index in [0.29, 0.717) is 0 Å². The Labute approximate surface area is 66.1 Å². The van der Waals surface area contributed by atoms with Gasteiger partial charge in [0.2, 0.25) is 0 Å².